The summed E-state index contributed by atoms with van der Waals surface area (Å²) in [5.41, 5.74) is 0.544. The standard InChI is InChI=1S/C7H15NO2/c1-4-7(2,3)5-6-10-8-9/h4H,1,5-6,8H2,2-3H3. The molecule has 0 aliphatic rings. The molecule has 0 aromatic carbocycles. The average molecular weight is 145 g/mol. The summed E-state index contributed by atoms with van der Waals surface area (Å²) in [6, 6.07) is 0. The van der Waals surface area contributed by atoms with Crippen molar-refractivity contribution in [3.63, 3.8) is 0 Å². The lowest BCUT2D eigenvalue weighted by atomic mass is 9.90. The summed E-state index contributed by atoms with van der Waals surface area (Å²) in [5.74, 6) is 0. The Labute approximate surface area is 61.6 Å². The molecule has 0 aliphatic carbocycles. The third-order valence-corrected chi connectivity index (χ3v) is 1.48. The van der Waals surface area contributed by atoms with Crippen LogP contribution >= 0.6 is 0 Å². The van der Waals surface area contributed by atoms with Gasteiger partial charge in [0.05, 0.1) is 0 Å². The molecule has 3 heteroatoms. The lowest BCUT2D eigenvalue weighted by Crippen LogP contribution is -2.76. The van der Waals surface area contributed by atoms with Gasteiger partial charge in [0.2, 0.25) is 0 Å². The number of hydrogen-bond donors (Lipinski definition) is 1. The predicted octanol–water partition coefficient (Wildman–Crippen LogP) is 0.582. The minimum atomic E-state index is 0.0724. The average Bonchev–Trinajstić information content (AvgIpc) is 1.89. The summed E-state index contributed by atoms with van der Waals surface area (Å²) in [4.78, 5) is 4.54. The van der Waals surface area contributed by atoms with E-state index in [0.29, 0.717) is 12.3 Å². The van der Waals surface area contributed by atoms with E-state index in [1.54, 1.807) is 0 Å². The van der Waals surface area contributed by atoms with Crippen LogP contribution in [0, 0.1) is 10.6 Å². The van der Waals surface area contributed by atoms with Crippen molar-refractivity contribution in [1.82, 2.24) is 0 Å². The Hall–Kier alpha value is -0.380. The first kappa shape index (κ1) is 9.62. The molecule has 2 N–H and O–H groups in total. The molecule has 10 heavy (non-hydrogen) atoms. The first-order valence-electron chi connectivity index (χ1n) is 3.31. The number of nitrogens with two attached hydrogens (primary N) is 1. The zero-order valence-electron chi connectivity index (χ0n) is 6.59. The van der Waals surface area contributed by atoms with Gasteiger partial charge in [-0.25, -0.2) is 10.5 Å². The summed E-state index contributed by atoms with van der Waals surface area (Å²) in [5, 5.41) is 9.73. The highest BCUT2D eigenvalue weighted by atomic mass is 16.8. The SMILES string of the molecule is C=CC(C)(C)CCO[NH2+][O-]. The van der Waals surface area contributed by atoms with E-state index >= 15 is 0 Å². The number of allylic oxidation sites excluding steroid dienone is 1. The maximum atomic E-state index is 9.73. The van der Waals surface area contributed by atoms with Gasteiger partial charge < -0.3 is 5.21 Å². The van der Waals surface area contributed by atoms with Crippen molar-refractivity contribution in [3.8, 4) is 0 Å². The summed E-state index contributed by atoms with van der Waals surface area (Å²) < 4.78 is 0. The fraction of sp³-hybridized carbons (Fsp3) is 0.714. The van der Waals surface area contributed by atoms with Crippen LogP contribution in [0.15, 0.2) is 12.7 Å². The number of hydrogen-bond acceptors (Lipinski definition) is 2. The largest absolute Gasteiger partial charge is 0.601 e. The minimum absolute atomic E-state index is 0.0724. The van der Waals surface area contributed by atoms with Crippen molar-refractivity contribution in [2.45, 2.75) is 20.3 Å². The normalized spacial score (nSPS) is 11.5. The van der Waals surface area contributed by atoms with Gasteiger partial charge in [0.1, 0.15) is 6.61 Å². The molecule has 0 saturated carbocycles. The molecule has 0 unspecified atom stereocenters. The molecular weight excluding hydrogens is 130 g/mol. The molecule has 0 aromatic heterocycles. The molecule has 0 atom stereocenters. The zero-order chi connectivity index (χ0) is 8.04. The second-order valence-corrected chi connectivity index (χ2v) is 2.91. The molecule has 3 nitrogen and oxygen atoms in total. The molecule has 0 spiro atoms. The second kappa shape index (κ2) is 4.44. The van der Waals surface area contributed by atoms with Crippen LogP contribution in [-0.4, -0.2) is 6.61 Å². The highest BCUT2D eigenvalue weighted by molar-refractivity contribution is 4.86. The van der Waals surface area contributed by atoms with Gasteiger partial charge in [-0.1, -0.05) is 19.9 Å². The maximum Gasteiger partial charge on any atom is 0.107 e. The van der Waals surface area contributed by atoms with Gasteiger partial charge >= 0.3 is 0 Å². The van der Waals surface area contributed by atoms with Crippen molar-refractivity contribution in [2.75, 3.05) is 6.61 Å². The Kier molecular flexibility index (Phi) is 4.27. The minimum Gasteiger partial charge on any atom is -0.601 e. The third-order valence-electron chi connectivity index (χ3n) is 1.48. The Morgan fingerprint density at radius 1 is 1.70 bits per heavy atom. The van der Waals surface area contributed by atoms with Gasteiger partial charge in [-0.15, -0.1) is 6.58 Å². The zero-order valence-corrected chi connectivity index (χ0v) is 6.59. The highest BCUT2D eigenvalue weighted by Crippen LogP contribution is 2.20. The maximum absolute atomic E-state index is 9.73. The van der Waals surface area contributed by atoms with E-state index in [4.69, 9.17) is 0 Å². The Morgan fingerprint density at radius 3 is 2.70 bits per heavy atom. The fourth-order valence-electron chi connectivity index (χ4n) is 0.472. The lowest BCUT2D eigenvalue weighted by Gasteiger charge is -2.18. The summed E-state index contributed by atoms with van der Waals surface area (Å²) >= 11 is 0. The van der Waals surface area contributed by atoms with E-state index in [-0.39, 0.29) is 5.41 Å². The van der Waals surface area contributed by atoms with Gasteiger partial charge in [-0.2, -0.15) is 0 Å². The molecule has 0 rings (SSSR count). The van der Waals surface area contributed by atoms with Crippen molar-refractivity contribution in [2.24, 2.45) is 5.41 Å². The Morgan fingerprint density at radius 2 is 2.30 bits per heavy atom. The van der Waals surface area contributed by atoms with Crippen molar-refractivity contribution in [3.05, 3.63) is 17.9 Å². The van der Waals surface area contributed by atoms with Gasteiger partial charge in [0.15, 0.2) is 0 Å². The monoisotopic (exact) mass is 145 g/mol. The third kappa shape index (κ3) is 4.49. The fourth-order valence-corrected chi connectivity index (χ4v) is 0.472. The van der Waals surface area contributed by atoms with Gasteiger partial charge in [0.25, 0.3) is 0 Å². The van der Waals surface area contributed by atoms with Gasteiger partial charge in [-0.3, -0.25) is 0 Å². The topological polar surface area (TPSA) is 48.9 Å². The van der Waals surface area contributed by atoms with E-state index < -0.39 is 0 Å². The smallest absolute Gasteiger partial charge is 0.107 e. The van der Waals surface area contributed by atoms with Crippen molar-refractivity contribution < 1.29 is 10.5 Å². The quantitative estimate of drug-likeness (QED) is 0.349. The number of quaternary nitrogens is 1. The second-order valence-electron chi connectivity index (χ2n) is 2.91. The van der Waals surface area contributed by atoms with Crippen molar-refractivity contribution >= 4 is 0 Å². The Bertz CT molecular complexity index is 102. The van der Waals surface area contributed by atoms with E-state index in [2.05, 4.69) is 11.4 Å². The van der Waals surface area contributed by atoms with E-state index in [9.17, 15) is 5.21 Å². The summed E-state index contributed by atoms with van der Waals surface area (Å²) in [6.45, 7) is 8.24. The van der Waals surface area contributed by atoms with E-state index in [1.165, 1.54) is 0 Å². The molecule has 0 heterocycles. The predicted molar refractivity (Wildman–Crippen MR) is 39.8 cm³/mol. The van der Waals surface area contributed by atoms with Crippen LogP contribution in [0.3, 0.4) is 0 Å². The molecule has 0 saturated heterocycles. The first-order chi connectivity index (χ1) is 4.62. The molecule has 0 aliphatic heterocycles. The van der Waals surface area contributed by atoms with Crippen LogP contribution in [0.1, 0.15) is 20.3 Å². The summed E-state index contributed by atoms with van der Waals surface area (Å²) in [7, 11) is 0. The first-order valence-corrected chi connectivity index (χ1v) is 3.31. The van der Waals surface area contributed by atoms with Crippen LogP contribution in [-0.2, 0) is 4.84 Å². The van der Waals surface area contributed by atoms with Gasteiger partial charge in [-0.05, 0) is 11.8 Å². The van der Waals surface area contributed by atoms with Crippen LogP contribution in [0.4, 0.5) is 0 Å². The van der Waals surface area contributed by atoms with Crippen molar-refractivity contribution in [1.29, 1.82) is 0 Å². The van der Waals surface area contributed by atoms with Crippen LogP contribution in [0.2, 0.25) is 0 Å². The molecule has 0 aromatic rings. The Balaban J connectivity index is 3.37. The highest BCUT2D eigenvalue weighted by Gasteiger charge is 2.11. The molecule has 0 radical (unpaired) electrons. The molecule has 60 valence electrons. The molecule has 0 bridgehead atoms. The van der Waals surface area contributed by atoms with Crippen LogP contribution in [0.25, 0.3) is 0 Å². The molecular formula is C7H15NO2. The summed E-state index contributed by atoms with van der Waals surface area (Å²) in [6.07, 6.45) is 2.69. The van der Waals surface area contributed by atoms with Gasteiger partial charge in [0, 0.05) is 0 Å². The lowest BCUT2D eigenvalue weighted by molar-refractivity contribution is -0.850. The van der Waals surface area contributed by atoms with Crippen LogP contribution < -0.4 is 5.64 Å². The van der Waals surface area contributed by atoms with Crippen LogP contribution in [0.5, 0.6) is 0 Å². The molecule has 0 fully saturated rings. The number of rotatable bonds is 5. The van der Waals surface area contributed by atoms with E-state index in [1.807, 2.05) is 19.9 Å². The molecule has 0 amide bonds. The van der Waals surface area contributed by atoms with E-state index in [0.717, 1.165) is 6.42 Å².